The van der Waals surface area contributed by atoms with E-state index in [0.29, 0.717) is 6.54 Å². The molecule has 4 nitrogen and oxygen atoms in total. The summed E-state index contributed by atoms with van der Waals surface area (Å²) >= 11 is 0. The first-order valence-corrected chi connectivity index (χ1v) is 7.32. The molecule has 4 heteroatoms. The minimum atomic E-state index is -0.0436. The van der Waals surface area contributed by atoms with E-state index in [2.05, 4.69) is 19.2 Å². The van der Waals surface area contributed by atoms with Crippen LogP contribution in [0.5, 0.6) is 0 Å². The molecule has 0 unspecified atom stereocenters. The Morgan fingerprint density at radius 2 is 1.95 bits per heavy atom. The lowest BCUT2D eigenvalue weighted by atomic mass is 10.1. The van der Waals surface area contributed by atoms with Gasteiger partial charge in [-0.05, 0) is 58.7 Å². The molecule has 0 aromatic carbocycles. The molecule has 1 N–H and O–H groups in total. The van der Waals surface area contributed by atoms with Crippen molar-refractivity contribution >= 4 is 12.1 Å². The van der Waals surface area contributed by atoms with Crippen molar-refractivity contribution in [1.82, 2.24) is 10.2 Å². The number of nitrogens with one attached hydrogen (secondary N) is 1. The van der Waals surface area contributed by atoms with Gasteiger partial charge in [-0.25, -0.2) is 0 Å². The number of likely N-dealkylation sites (N-methyl/N-ethyl adjacent to an activating group) is 1. The Balaban J connectivity index is 3.64. The summed E-state index contributed by atoms with van der Waals surface area (Å²) in [6.45, 7) is 8.28. The third kappa shape index (κ3) is 12.1. The van der Waals surface area contributed by atoms with Gasteiger partial charge >= 0.3 is 0 Å². The van der Waals surface area contributed by atoms with Crippen LogP contribution >= 0.6 is 0 Å². The van der Waals surface area contributed by atoms with Crippen molar-refractivity contribution in [1.29, 1.82) is 0 Å². The highest BCUT2D eigenvalue weighted by Crippen LogP contribution is 2.03. The van der Waals surface area contributed by atoms with Gasteiger partial charge in [0.25, 0.3) is 0 Å². The summed E-state index contributed by atoms with van der Waals surface area (Å²) in [5.74, 6) is 0.901. The first-order chi connectivity index (χ1) is 8.95. The van der Waals surface area contributed by atoms with Crippen LogP contribution in [-0.4, -0.2) is 49.7 Å². The fraction of sp³-hybridized carbons (Fsp3) is 0.867. The zero-order valence-corrected chi connectivity index (χ0v) is 12.9. The highest BCUT2D eigenvalue weighted by molar-refractivity contribution is 5.77. The van der Waals surface area contributed by atoms with Gasteiger partial charge in [-0.2, -0.15) is 0 Å². The molecule has 0 aromatic rings. The van der Waals surface area contributed by atoms with Gasteiger partial charge in [-0.1, -0.05) is 13.8 Å². The molecule has 0 saturated carbocycles. The number of rotatable bonds is 12. The number of nitrogens with zero attached hydrogens (tertiary/aromatic N) is 1. The summed E-state index contributed by atoms with van der Waals surface area (Å²) in [6.07, 6.45) is 5.09. The van der Waals surface area contributed by atoms with Crippen LogP contribution in [0.4, 0.5) is 0 Å². The van der Waals surface area contributed by atoms with Crippen molar-refractivity contribution in [2.24, 2.45) is 5.92 Å². The third-order valence-corrected chi connectivity index (χ3v) is 3.08. The van der Waals surface area contributed by atoms with E-state index >= 15 is 0 Å². The van der Waals surface area contributed by atoms with E-state index in [1.54, 1.807) is 6.92 Å². The average Bonchev–Trinajstić information content (AvgIpc) is 2.30. The van der Waals surface area contributed by atoms with E-state index in [0.717, 1.165) is 44.6 Å². The molecular weight excluding hydrogens is 240 g/mol. The lowest BCUT2D eigenvalue weighted by Gasteiger charge is -2.17. The highest BCUT2D eigenvalue weighted by Gasteiger charge is 2.08. The predicted octanol–water partition coefficient (Wildman–Crippen LogP) is 1.88. The molecule has 1 atom stereocenters. The molecule has 0 heterocycles. The molecule has 0 aromatic heterocycles. The predicted molar refractivity (Wildman–Crippen MR) is 79.3 cm³/mol. The molecule has 19 heavy (non-hydrogen) atoms. The maximum atomic E-state index is 11.0. The van der Waals surface area contributed by atoms with Crippen molar-refractivity contribution in [3.63, 3.8) is 0 Å². The monoisotopic (exact) mass is 270 g/mol. The Bertz CT molecular complexity index is 255. The second kappa shape index (κ2) is 11.1. The smallest absolute Gasteiger partial charge is 0.143 e. The van der Waals surface area contributed by atoms with Crippen LogP contribution in [0.2, 0.25) is 0 Å². The van der Waals surface area contributed by atoms with Crippen molar-refractivity contribution in [3.8, 4) is 0 Å². The fourth-order valence-corrected chi connectivity index (χ4v) is 2.06. The number of hydrogen-bond donors (Lipinski definition) is 1. The minimum absolute atomic E-state index is 0.0436. The SMILES string of the molecule is CC(=O)CN(C)CCC[C@@H](C=O)NCCCC(C)C. The Hall–Kier alpha value is -0.740. The molecule has 0 saturated heterocycles. The van der Waals surface area contributed by atoms with Gasteiger partial charge < -0.3 is 10.1 Å². The second-order valence-electron chi connectivity index (χ2n) is 5.81. The summed E-state index contributed by atoms with van der Waals surface area (Å²) in [4.78, 5) is 23.9. The molecule has 0 amide bonds. The first kappa shape index (κ1) is 18.3. The minimum Gasteiger partial charge on any atom is -0.308 e. The zero-order chi connectivity index (χ0) is 14.7. The summed E-state index contributed by atoms with van der Waals surface area (Å²) in [5, 5.41) is 3.29. The molecule has 0 aliphatic carbocycles. The summed E-state index contributed by atoms with van der Waals surface area (Å²) in [7, 11) is 1.94. The summed E-state index contributed by atoms with van der Waals surface area (Å²) in [5.41, 5.74) is 0. The fourth-order valence-electron chi connectivity index (χ4n) is 2.06. The van der Waals surface area contributed by atoms with E-state index < -0.39 is 0 Å². The number of aldehydes is 1. The van der Waals surface area contributed by atoms with Crippen molar-refractivity contribution < 1.29 is 9.59 Å². The van der Waals surface area contributed by atoms with Gasteiger partial charge in [-0.3, -0.25) is 9.69 Å². The van der Waals surface area contributed by atoms with E-state index in [-0.39, 0.29) is 11.8 Å². The molecule has 0 aliphatic rings. The molecule has 0 rings (SSSR count). The number of ketones is 1. The summed E-state index contributed by atoms with van der Waals surface area (Å²) in [6, 6.07) is -0.0436. The zero-order valence-electron chi connectivity index (χ0n) is 12.9. The Kier molecular flexibility index (Phi) is 10.7. The molecule has 0 spiro atoms. The average molecular weight is 270 g/mol. The Labute approximate surface area is 117 Å². The topological polar surface area (TPSA) is 49.4 Å². The van der Waals surface area contributed by atoms with Gasteiger partial charge in [0.1, 0.15) is 12.1 Å². The van der Waals surface area contributed by atoms with Crippen LogP contribution in [0.3, 0.4) is 0 Å². The standard InChI is InChI=1S/C15H30N2O2/c1-13(2)7-5-9-16-15(12-18)8-6-10-17(4)11-14(3)19/h12-13,15-16H,5-11H2,1-4H3/t15-/m0/s1. The van der Waals surface area contributed by atoms with Gasteiger partial charge in [-0.15, -0.1) is 0 Å². The van der Waals surface area contributed by atoms with Gasteiger partial charge in [0.2, 0.25) is 0 Å². The second-order valence-corrected chi connectivity index (χ2v) is 5.81. The number of carbonyl (C=O) groups is 2. The molecular formula is C15H30N2O2. The lowest BCUT2D eigenvalue weighted by Crippen LogP contribution is -2.33. The Morgan fingerprint density at radius 3 is 2.47 bits per heavy atom. The number of hydrogen-bond acceptors (Lipinski definition) is 4. The van der Waals surface area contributed by atoms with Crippen LogP contribution in [0, 0.1) is 5.92 Å². The van der Waals surface area contributed by atoms with E-state index in [1.807, 2.05) is 11.9 Å². The molecule has 0 aliphatic heterocycles. The van der Waals surface area contributed by atoms with Crippen LogP contribution in [0.25, 0.3) is 0 Å². The third-order valence-electron chi connectivity index (χ3n) is 3.08. The van der Waals surface area contributed by atoms with Crippen molar-refractivity contribution in [2.45, 2.75) is 52.5 Å². The first-order valence-electron chi connectivity index (χ1n) is 7.32. The molecule has 112 valence electrons. The van der Waals surface area contributed by atoms with Gasteiger partial charge in [0.15, 0.2) is 0 Å². The van der Waals surface area contributed by atoms with Gasteiger partial charge in [0.05, 0.1) is 12.6 Å². The van der Waals surface area contributed by atoms with E-state index in [9.17, 15) is 9.59 Å². The lowest BCUT2D eigenvalue weighted by molar-refractivity contribution is -0.118. The van der Waals surface area contributed by atoms with E-state index in [1.165, 1.54) is 6.42 Å². The quantitative estimate of drug-likeness (QED) is 0.434. The maximum Gasteiger partial charge on any atom is 0.143 e. The van der Waals surface area contributed by atoms with Crippen LogP contribution in [0.1, 0.15) is 46.5 Å². The van der Waals surface area contributed by atoms with Crippen molar-refractivity contribution in [3.05, 3.63) is 0 Å². The van der Waals surface area contributed by atoms with Crippen molar-refractivity contribution in [2.75, 3.05) is 26.7 Å². The van der Waals surface area contributed by atoms with Crippen LogP contribution < -0.4 is 5.32 Å². The Morgan fingerprint density at radius 1 is 1.26 bits per heavy atom. The van der Waals surface area contributed by atoms with Crippen LogP contribution in [0.15, 0.2) is 0 Å². The molecule has 0 bridgehead atoms. The number of carbonyl (C=O) groups excluding carboxylic acids is 2. The number of Topliss-reactive ketones (excluding diaryl/α,β-unsaturated/α-hetero) is 1. The summed E-state index contributed by atoms with van der Waals surface area (Å²) < 4.78 is 0. The highest BCUT2D eigenvalue weighted by atomic mass is 16.1. The van der Waals surface area contributed by atoms with Crippen LogP contribution in [-0.2, 0) is 9.59 Å². The van der Waals surface area contributed by atoms with Gasteiger partial charge in [0, 0.05) is 0 Å². The molecule has 0 radical (unpaired) electrons. The largest absolute Gasteiger partial charge is 0.308 e. The maximum absolute atomic E-state index is 11.0. The van der Waals surface area contributed by atoms with E-state index in [4.69, 9.17) is 0 Å². The molecule has 0 fully saturated rings. The normalized spacial score (nSPS) is 12.9.